The summed E-state index contributed by atoms with van der Waals surface area (Å²) in [7, 11) is 0. The van der Waals surface area contributed by atoms with Crippen LogP contribution in [-0.4, -0.2) is 40.4 Å². The third kappa shape index (κ3) is 3.69. The van der Waals surface area contributed by atoms with Crippen LogP contribution in [-0.2, 0) is 6.42 Å². The highest BCUT2D eigenvalue weighted by atomic mass is 16.1. The van der Waals surface area contributed by atoms with Crippen molar-refractivity contribution in [2.75, 3.05) is 19.6 Å². The van der Waals surface area contributed by atoms with Gasteiger partial charge in [-0.2, -0.15) is 0 Å². The molecule has 1 atom stereocenters. The first-order valence-corrected chi connectivity index (χ1v) is 9.45. The van der Waals surface area contributed by atoms with E-state index in [1.807, 2.05) is 25.1 Å². The van der Waals surface area contributed by atoms with Crippen molar-refractivity contribution in [1.29, 1.82) is 0 Å². The number of fused-ring (bicyclic) bond motifs is 1. The number of likely N-dealkylation sites (tertiary alicyclic amines) is 1. The summed E-state index contributed by atoms with van der Waals surface area (Å²) in [4.78, 5) is 23.6. The van der Waals surface area contributed by atoms with E-state index in [0.29, 0.717) is 22.8 Å². The molecular weight excluding hydrogens is 336 g/mol. The average Bonchev–Trinajstić information content (AvgIpc) is 2.63. The quantitative estimate of drug-likeness (QED) is 0.733. The Balaban J connectivity index is 1.75. The van der Waals surface area contributed by atoms with E-state index < -0.39 is 5.91 Å². The maximum absolute atomic E-state index is 11.8. The summed E-state index contributed by atoms with van der Waals surface area (Å²) in [6, 6.07) is 16.2. The molecule has 0 aliphatic carbocycles. The molecule has 1 saturated heterocycles. The molecule has 0 spiro atoms. The van der Waals surface area contributed by atoms with Gasteiger partial charge in [0.05, 0.1) is 16.8 Å². The Bertz CT molecular complexity index is 967. The largest absolute Gasteiger partial charge is 0.366 e. The standard InChI is InChI=1S/C22H24N4O/c1-15-24-20(18-9-5-10-19(22(23)27)21(18)25-15)13-17(14-26-11-6-12-26)16-7-3-2-4-8-16/h2-5,7-10,17H,6,11-14H2,1H3,(H2,23,27)/t17-/m1/s1. The second kappa shape index (κ2) is 7.45. The summed E-state index contributed by atoms with van der Waals surface area (Å²) < 4.78 is 0. The van der Waals surface area contributed by atoms with E-state index in [0.717, 1.165) is 24.0 Å². The van der Waals surface area contributed by atoms with Crippen LogP contribution in [0.5, 0.6) is 0 Å². The summed E-state index contributed by atoms with van der Waals surface area (Å²) in [5.41, 5.74) is 8.97. The highest BCUT2D eigenvalue weighted by Gasteiger charge is 2.23. The van der Waals surface area contributed by atoms with Crippen molar-refractivity contribution < 1.29 is 4.79 Å². The molecule has 27 heavy (non-hydrogen) atoms. The van der Waals surface area contributed by atoms with Crippen LogP contribution in [0, 0.1) is 6.92 Å². The fourth-order valence-electron chi connectivity index (χ4n) is 3.82. The number of aromatic nitrogens is 2. The first kappa shape index (κ1) is 17.6. The number of nitrogens with two attached hydrogens (primary N) is 1. The van der Waals surface area contributed by atoms with E-state index in [1.165, 1.54) is 25.1 Å². The van der Waals surface area contributed by atoms with E-state index in [4.69, 9.17) is 10.7 Å². The van der Waals surface area contributed by atoms with Gasteiger partial charge in [-0.3, -0.25) is 4.79 Å². The predicted molar refractivity (Wildman–Crippen MR) is 107 cm³/mol. The summed E-state index contributed by atoms with van der Waals surface area (Å²) >= 11 is 0. The molecule has 1 amide bonds. The lowest BCUT2D eigenvalue weighted by Gasteiger charge is -2.34. The number of carbonyl (C=O) groups is 1. The number of aryl methyl sites for hydroxylation is 1. The molecule has 0 radical (unpaired) electrons. The van der Waals surface area contributed by atoms with E-state index in [1.54, 1.807) is 6.07 Å². The van der Waals surface area contributed by atoms with Gasteiger partial charge in [-0.25, -0.2) is 9.97 Å². The van der Waals surface area contributed by atoms with Gasteiger partial charge in [-0.15, -0.1) is 0 Å². The minimum Gasteiger partial charge on any atom is -0.366 e. The molecule has 0 bridgehead atoms. The van der Waals surface area contributed by atoms with Crippen LogP contribution in [0.25, 0.3) is 10.9 Å². The van der Waals surface area contributed by atoms with E-state index in [2.05, 4.69) is 34.1 Å². The van der Waals surface area contributed by atoms with Gasteiger partial charge in [0.2, 0.25) is 0 Å². The number of rotatable bonds is 6. The zero-order valence-corrected chi connectivity index (χ0v) is 15.6. The number of nitrogens with zero attached hydrogens (tertiary/aromatic N) is 3. The highest BCUT2D eigenvalue weighted by molar-refractivity contribution is 6.05. The minimum absolute atomic E-state index is 0.348. The van der Waals surface area contributed by atoms with Crippen molar-refractivity contribution in [2.24, 2.45) is 5.73 Å². The second-order valence-electron chi connectivity index (χ2n) is 7.25. The van der Waals surface area contributed by atoms with Crippen LogP contribution in [0.15, 0.2) is 48.5 Å². The lowest BCUT2D eigenvalue weighted by atomic mass is 9.91. The molecule has 0 unspecified atom stereocenters. The van der Waals surface area contributed by atoms with Crippen molar-refractivity contribution in [2.45, 2.75) is 25.7 Å². The minimum atomic E-state index is -0.454. The van der Waals surface area contributed by atoms with Crippen LogP contribution in [0.4, 0.5) is 0 Å². The molecule has 5 nitrogen and oxygen atoms in total. The van der Waals surface area contributed by atoms with E-state index in [-0.39, 0.29) is 0 Å². The first-order chi connectivity index (χ1) is 13.1. The number of para-hydroxylation sites is 1. The topological polar surface area (TPSA) is 72.1 Å². The smallest absolute Gasteiger partial charge is 0.250 e. The Hall–Kier alpha value is -2.79. The van der Waals surface area contributed by atoms with Crippen LogP contribution >= 0.6 is 0 Å². The molecule has 3 aromatic rings. The lowest BCUT2D eigenvalue weighted by Crippen LogP contribution is -2.40. The first-order valence-electron chi connectivity index (χ1n) is 9.45. The lowest BCUT2D eigenvalue weighted by molar-refractivity contribution is 0.100. The summed E-state index contributed by atoms with van der Waals surface area (Å²) in [6.45, 7) is 5.22. The number of hydrogen-bond donors (Lipinski definition) is 1. The van der Waals surface area contributed by atoms with Crippen molar-refractivity contribution in [3.05, 3.63) is 71.2 Å². The number of benzene rings is 2. The van der Waals surface area contributed by atoms with Crippen molar-refractivity contribution in [1.82, 2.24) is 14.9 Å². The van der Waals surface area contributed by atoms with Crippen LogP contribution < -0.4 is 5.73 Å². The maximum atomic E-state index is 11.8. The number of amides is 1. The van der Waals surface area contributed by atoms with Gasteiger partial charge in [0.1, 0.15) is 5.82 Å². The van der Waals surface area contributed by atoms with Gasteiger partial charge in [0.15, 0.2) is 0 Å². The van der Waals surface area contributed by atoms with Gasteiger partial charge in [-0.05, 0) is 44.5 Å². The normalized spacial score (nSPS) is 15.4. The predicted octanol–water partition coefficient (Wildman–Crippen LogP) is 3.07. The zero-order chi connectivity index (χ0) is 18.8. The second-order valence-corrected chi connectivity index (χ2v) is 7.25. The van der Waals surface area contributed by atoms with Gasteiger partial charge in [0, 0.05) is 17.8 Å². The summed E-state index contributed by atoms with van der Waals surface area (Å²) in [5.74, 6) is 0.563. The van der Waals surface area contributed by atoms with Crippen molar-refractivity contribution in [3.8, 4) is 0 Å². The van der Waals surface area contributed by atoms with Crippen molar-refractivity contribution >= 4 is 16.8 Å². The Labute approximate surface area is 159 Å². The van der Waals surface area contributed by atoms with Crippen LogP contribution in [0.1, 0.15) is 39.8 Å². The molecule has 2 aromatic carbocycles. The fraction of sp³-hybridized carbons (Fsp3) is 0.318. The third-order valence-corrected chi connectivity index (χ3v) is 5.32. The summed E-state index contributed by atoms with van der Waals surface area (Å²) in [5, 5.41) is 0.918. The van der Waals surface area contributed by atoms with Crippen molar-refractivity contribution in [3.63, 3.8) is 0 Å². The molecule has 0 saturated carbocycles. The molecule has 5 heteroatoms. The Morgan fingerprint density at radius 2 is 1.89 bits per heavy atom. The van der Waals surface area contributed by atoms with Crippen LogP contribution in [0.3, 0.4) is 0 Å². The number of primary amides is 1. The molecule has 4 rings (SSSR count). The monoisotopic (exact) mass is 360 g/mol. The summed E-state index contributed by atoms with van der Waals surface area (Å²) in [6.07, 6.45) is 2.08. The number of carbonyl (C=O) groups excluding carboxylic acids is 1. The molecule has 1 aliphatic heterocycles. The maximum Gasteiger partial charge on any atom is 0.250 e. The molecule has 1 aliphatic rings. The van der Waals surface area contributed by atoms with Crippen LogP contribution in [0.2, 0.25) is 0 Å². The third-order valence-electron chi connectivity index (χ3n) is 5.32. The highest BCUT2D eigenvalue weighted by Crippen LogP contribution is 2.28. The van der Waals surface area contributed by atoms with E-state index in [9.17, 15) is 4.79 Å². The molecule has 2 N–H and O–H groups in total. The molecule has 2 heterocycles. The fourth-order valence-corrected chi connectivity index (χ4v) is 3.82. The molecular formula is C22H24N4O. The average molecular weight is 360 g/mol. The van der Waals surface area contributed by atoms with Gasteiger partial charge in [-0.1, -0.05) is 42.5 Å². The van der Waals surface area contributed by atoms with Gasteiger partial charge >= 0.3 is 0 Å². The Morgan fingerprint density at radius 1 is 1.11 bits per heavy atom. The number of hydrogen-bond acceptors (Lipinski definition) is 4. The van der Waals surface area contributed by atoms with Gasteiger partial charge < -0.3 is 10.6 Å². The van der Waals surface area contributed by atoms with Gasteiger partial charge in [0.25, 0.3) is 5.91 Å². The molecule has 1 fully saturated rings. The Kier molecular flexibility index (Phi) is 4.86. The van der Waals surface area contributed by atoms with E-state index >= 15 is 0 Å². The molecule has 1 aromatic heterocycles. The molecule has 138 valence electrons. The SMILES string of the molecule is Cc1nc(C[C@H](CN2CCC2)c2ccccc2)c2cccc(C(N)=O)c2n1. The Morgan fingerprint density at radius 3 is 2.56 bits per heavy atom. The zero-order valence-electron chi connectivity index (χ0n) is 15.6.